The van der Waals surface area contributed by atoms with Crippen LogP contribution in [-0.4, -0.2) is 22.0 Å². The Morgan fingerprint density at radius 1 is 1.41 bits per heavy atom. The van der Waals surface area contributed by atoms with Gasteiger partial charge >= 0.3 is 0 Å². The predicted molar refractivity (Wildman–Crippen MR) is 72.2 cm³/mol. The Balaban J connectivity index is 1.86. The molecule has 0 amide bonds. The third kappa shape index (κ3) is 2.38. The number of halogens is 1. The molecule has 17 heavy (non-hydrogen) atoms. The quantitative estimate of drug-likeness (QED) is 0.923. The molecule has 0 aliphatic carbocycles. The summed E-state index contributed by atoms with van der Waals surface area (Å²) in [4.78, 5) is 4.53. The van der Waals surface area contributed by atoms with Crippen molar-refractivity contribution in [2.45, 2.75) is 31.7 Å². The van der Waals surface area contributed by atoms with Gasteiger partial charge in [-0.25, -0.2) is 4.98 Å². The van der Waals surface area contributed by atoms with Crippen LogP contribution in [-0.2, 0) is 6.42 Å². The van der Waals surface area contributed by atoms with Crippen molar-refractivity contribution in [3.05, 3.63) is 34.8 Å². The zero-order chi connectivity index (χ0) is 11.7. The lowest BCUT2D eigenvalue weighted by Crippen LogP contribution is -2.36. The average Bonchev–Trinajstić information content (AvgIpc) is 2.73. The van der Waals surface area contributed by atoms with Crippen LogP contribution in [0.1, 0.15) is 25.1 Å². The van der Waals surface area contributed by atoms with E-state index in [2.05, 4.69) is 49.0 Å². The van der Waals surface area contributed by atoms with E-state index in [1.54, 1.807) is 0 Å². The lowest BCUT2D eigenvalue weighted by atomic mass is 10.0. The standard InChI is InChI=1S/C13H16BrN3/c14-10-4-5-12-8-16-13(17(12)9-10)7-11-3-1-2-6-15-11/h4-5,8-9,11,15H,1-3,6-7H2. The van der Waals surface area contributed by atoms with E-state index < -0.39 is 0 Å². The summed E-state index contributed by atoms with van der Waals surface area (Å²) >= 11 is 3.51. The average molecular weight is 294 g/mol. The number of aromatic nitrogens is 2. The Morgan fingerprint density at radius 3 is 3.18 bits per heavy atom. The zero-order valence-electron chi connectivity index (χ0n) is 9.69. The van der Waals surface area contributed by atoms with Crippen LogP contribution in [0.3, 0.4) is 0 Å². The van der Waals surface area contributed by atoms with Crippen LogP contribution in [0.15, 0.2) is 29.0 Å². The molecule has 1 fully saturated rings. The Bertz CT molecular complexity index is 514. The van der Waals surface area contributed by atoms with Gasteiger partial charge in [0.25, 0.3) is 0 Å². The fourth-order valence-electron chi connectivity index (χ4n) is 2.49. The summed E-state index contributed by atoms with van der Waals surface area (Å²) in [5.41, 5.74) is 1.17. The van der Waals surface area contributed by atoms with Crippen LogP contribution in [0, 0.1) is 0 Å². The molecule has 0 spiro atoms. The number of imidazole rings is 1. The number of nitrogens with zero attached hydrogens (tertiary/aromatic N) is 2. The van der Waals surface area contributed by atoms with E-state index in [0.717, 1.165) is 23.3 Å². The van der Waals surface area contributed by atoms with Gasteiger partial charge in [-0.1, -0.05) is 6.42 Å². The van der Waals surface area contributed by atoms with E-state index in [4.69, 9.17) is 0 Å². The number of pyridine rings is 1. The third-order valence-corrected chi connectivity index (χ3v) is 3.88. The summed E-state index contributed by atoms with van der Waals surface area (Å²) in [5, 5.41) is 3.57. The molecule has 0 saturated carbocycles. The van der Waals surface area contributed by atoms with Crippen molar-refractivity contribution in [2.75, 3.05) is 6.54 Å². The number of rotatable bonds is 2. The van der Waals surface area contributed by atoms with Gasteiger partial charge in [-0.15, -0.1) is 0 Å². The molecule has 1 atom stereocenters. The van der Waals surface area contributed by atoms with Crippen LogP contribution < -0.4 is 5.32 Å². The van der Waals surface area contributed by atoms with E-state index in [9.17, 15) is 0 Å². The highest BCUT2D eigenvalue weighted by atomic mass is 79.9. The van der Waals surface area contributed by atoms with Crippen LogP contribution in [0.4, 0.5) is 0 Å². The monoisotopic (exact) mass is 293 g/mol. The highest BCUT2D eigenvalue weighted by molar-refractivity contribution is 9.10. The van der Waals surface area contributed by atoms with Crippen molar-refractivity contribution in [3.8, 4) is 0 Å². The summed E-state index contributed by atoms with van der Waals surface area (Å²) in [7, 11) is 0. The number of piperidine rings is 1. The van der Waals surface area contributed by atoms with Crippen molar-refractivity contribution in [1.82, 2.24) is 14.7 Å². The molecule has 1 aliphatic rings. The van der Waals surface area contributed by atoms with E-state index in [1.165, 1.54) is 24.8 Å². The zero-order valence-corrected chi connectivity index (χ0v) is 11.3. The number of hydrogen-bond donors (Lipinski definition) is 1. The molecule has 2 aromatic rings. The highest BCUT2D eigenvalue weighted by Crippen LogP contribution is 2.17. The van der Waals surface area contributed by atoms with Gasteiger partial charge in [-0.2, -0.15) is 0 Å². The summed E-state index contributed by atoms with van der Waals surface area (Å²) < 4.78 is 3.28. The first-order valence-corrected chi connectivity index (χ1v) is 6.97. The van der Waals surface area contributed by atoms with Crippen LogP contribution >= 0.6 is 15.9 Å². The minimum Gasteiger partial charge on any atom is -0.314 e. The third-order valence-electron chi connectivity index (χ3n) is 3.41. The predicted octanol–water partition coefficient (Wildman–Crippen LogP) is 2.78. The number of nitrogens with one attached hydrogen (secondary N) is 1. The van der Waals surface area contributed by atoms with Gasteiger partial charge in [0.2, 0.25) is 0 Å². The van der Waals surface area contributed by atoms with Crippen molar-refractivity contribution in [3.63, 3.8) is 0 Å². The second-order valence-electron chi connectivity index (χ2n) is 4.67. The molecule has 0 radical (unpaired) electrons. The minimum absolute atomic E-state index is 0.591. The van der Waals surface area contributed by atoms with Crippen molar-refractivity contribution < 1.29 is 0 Å². The Morgan fingerprint density at radius 2 is 2.35 bits per heavy atom. The molecule has 3 heterocycles. The van der Waals surface area contributed by atoms with Gasteiger partial charge < -0.3 is 9.72 Å². The molecule has 1 aliphatic heterocycles. The summed E-state index contributed by atoms with van der Waals surface area (Å²) in [6, 6.07) is 4.74. The minimum atomic E-state index is 0.591. The van der Waals surface area contributed by atoms with E-state index >= 15 is 0 Å². The van der Waals surface area contributed by atoms with Crippen LogP contribution in [0.2, 0.25) is 0 Å². The molecule has 2 aromatic heterocycles. The Labute approximate surface area is 109 Å². The van der Waals surface area contributed by atoms with Crippen molar-refractivity contribution in [2.24, 2.45) is 0 Å². The smallest absolute Gasteiger partial charge is 0.114 e. The molecule has 1 saturated heterocycles. The summed E-state index contributed by atoms with van der Waals surface area (Å²) in [6.45, 7) is 1.15. The summed E-state index contributed by atoms with van der Waals surface area (Å²) in [5.74, 6) is 1.15. The first-order chi connectivity index (χ1) is 8.33. The van der Waals surface area contributed by atoms with E-state index in [-0.39, 0.29) is 0 Å². The Kier molecular flexibility index (Phi) is 3.16. The van der Waals surface area contributed by atoms with Crippen LogP contribution in [0.25, 0.3) is 5.52 Å². The Hall–Kier alpha value is -0.870. The fourth-order valence-corrected chi connectivity index (χ4v) is 2.82. The molecule has 4 heteroatoms. The van der Waals surface area contributed by atoms with Crippen LogP contribution in [0.5, 0.6) is 0 Å². The maximum atomic E-state index is 4.53. The van der Waals surface area contributed by atoms with Gasteiger partial charge in [0.1, 0.15) is 5.82 Å². The van der Waals surface area contributed by atoms with Gasteiger partial charge in [0.05, 0.1) is 11.7 Å². The highest BCUT2D eigenvalue weighted by Gasteiger charge is 2.15. The molecular formula is C13H16BrN3. The number of fused-ring (bicyclic) bond motifs is 1. The van der Waals surface area contributed by atoms with Gasteiger partial charge in [-0.3, -0.25) is 0 Å². The van der Waals surface area contributed by atoms with Gasteiger partial charge in [-0.05, 0) is 47.4 Å². The van der Waals surface area contributed by atoms with Gasteiger partial charge in [0, 0.05) is 23.1 Å². The number of hydrogen-bond acceptors (Lipinski definition) is 2. The molecule has 0 aromatic carbocycles. The molecule has 1 N–H and O–H groups in total. The molecule has 90 valence electrons. The molecule has 1 unspecified atom stereocenters. The van der Waals surface area contributed by atoms with Crippen molar-refractivity contribution >= 4 is 21.4 Å². The van der Waals surface area contributed by atoms with E-state index in [1.807, 2.05) is 6.20 Å². The molecule has 3 nitrogen and oxygen atoms in total. The second kappa shape index (κ2) is 4.78. The maximum Gasteiger partial charge on any atom is 0.114 e. The maximum absolute atomic E-state index is 4.53. The topological polar surface area (TPSA) is 29.3 Å². The van der Waals surface area contributed by atoms with Gasteiger partial charge in [0.15, 0.2) is 0 Å². The lowest BCUT2D eigenvalue weighted by molar-refractivity contribution is 0.394. The first kappa shape index (κ1) is 11.2. The van der Waals surface area contributed by atoms with Crippen molar-refractivity contribution in [1.29, 1.82) is 0 Å². The normalized spacial score (nSPS) is 20.9. The first-order valence-electron chi connectivity index (χ1n) is 6.18. The molecule has 3 rings (SSSR count). The van der Waals surface area contributed by atoms with E-state index in [0.29, 0.717) is 6.04 Å². The fraction of sp³-hybridized carbons (Fsp3) is 0.462. The second-order valence-corrected chi connectivity index (χ2v) is 5.58. The molecular weight excluding hydrogens is 278 g/mol. The summed E-state index contributed by atoms with van der Waals surface area (Å²) in [6.07, 6.45) is 8.98. The largest absolute Gasteiger partial charge is 0.314 e. The lowest BCUT2D eigenvalue weighted by Gasteiger charge is -2.22. The SMILES string of the molecule is Brc1ccc2cnc(CC3CCCCN3)n2c1. The molecule has 0 bridgehead atoms.